The van der Waals surface area contributed by atoms with Crippen LogP contribution < -0.4 is 4.31 Å². The van der Waals surface area contributed by atoms with Crippen LogP contribution in [0.3, 0.4) is 0 Å². The van der Waals surface area contributed by atoms with Crippen LogP contribution in [0.2, 0.25) is 10.0 Å². The van der Waals surface area contributed by atoms with Crippen LogP contribution in [-0.2, 0) is 22.9 Å². The summed E-state index contributed by atoms with van der Waals surface area (Å²) in [6, 6.07) is 14.1. The Morgan fingerprint density at radius 1 is 1.06 bits per heavy atom. The minimum absolute atomic E-state index is 0.0950. The molecular formula is C24H20Cl2FNO3S. The fourth-order valence-corrected chi connectivity index (χ4v) is 5.78. The highest BCUT2D eigenvalue weighted by Gasteiger charge is 2.29. The molecule has 0 unspecified atom stereocenters. The molecule has 0 atom stereocenters. The van der Waals surface area contributed by atoms with Crippen molar-refractivity contribution in [2.45, 2.75) is 31.1 Å². The monoisotopic (exact) mass is 491 g/mol. The molecule has 3 aromatic rings. The molecule has 0 fully saturated rings. The number of carbonyl (C=O) groups is 1. The van der Waals surface area contributed by atoms with Gasteiger partial charge in [-0.1, -0.05) is 41.4 Å². The number of rotatable bonds is 5. The second-order valence-corrected chi connectivity index (χ2v) is 10.4. The van der Waals surface area contributed by atoms with Crippen LogP contribution >= 0.6 is 23.2 Å². The average Bonchev–Trinajstić information content (AvgIpc) is 2.76. The predicted octanol–water partition coefficient (Wildman–Crippen LogP) is 6.01. The average molecular weight is 492 g/mol. The minimum atomic E-state index is -3.80. The number of ketones is 1. The summed E-state index contributed by atoms with van der Waals surface area (Å²) in [6.07, 6.45) is 1.32. The van der Waals surface area contributed by atoms with Gasteiger partial charge in [0.2, 0.25) is 0 Å². The molecule has 0 saturated heterocycles. The van der Waals surface area contributed by atoms with E-state index in [4.69, 9.17) is 23.2 Å². The maximum absolute atomic E-state index is 14.3. The highest BCUT2D eigenvalue weighted by atomic mass is 35.5. The molecule has 0 spiro atoms. The summed E-state index contributed by atoms with van der Waals surface area (Å²) in [5, 5.41) is 0.547. The summed E-state index contributed by atoms with van der Waals surface area (Å²) in [4.78, 5) is 13.0. The van der Waals surface area contributed by atoms with Gasteiger partial charge in [-0.3, -0.25) is 9.10 Å². The number of anilines is 1. The molecule has 0 aromatic heterocycles. The zero-order valence-electron chi connectivity index (χ0n) is 17.2. The predicted molar refractivity (Wildman–Crippen MR) is 125 cm³/mol. The van der Waals surface area contributed by atoms with Gasteiger partial charge < -0.3 is 0 Å². The van der Waals surface area contributed by atoms with E-state index in [0.717, 1.165) is 12.0 Å². The molecule has 1 aliphatic heterocycles. The number of nitrogens with zero attached hydrogens (tertiary/aromatic N) is 1. The summed E-state index contributed by atoms with van der Waals surface area (Å²) >= 11 is 12.1. The number of hydrogen-bond donors (Lipinski definition) is 0. The topological polar surface area (TPSA) is 54.5 Å². The number of sulfonamides is 1. The van der Waals surface area contributed by atoms with Gasteiger partial charge in [-0.25, -0.2) is 12.8 Å². The number of fused-ring (bicyclic) bond motifs is 1. The summed E-state index contributed by atoms with van der Waals surface area (Å²) < 4.78 is 42.2. The van der Waals surface area contributed by atoms with E-state index >= 15 is 0 Å². The van der Waals surface area contributed by atoms with E-state index in [1.54, 1.807) is 19.1 Å². The Morgan fingerprint density at radius 2 is 1.78 bits per heavy atom. The summed E-state index contributed by atoms with van der Waals surface area (Å²) in [5.74, 6) is -1.13. The zero-order chi connectivity index (χ0) is 23.0. The van der Waals surface area contributed by atoms with Crippen LogP contribution in [0.15, 0.2) is 59.5 Å². The Balaban J connectivity index is 1.69. The molecule has 4 nitrogen and oxygen atoms in total. The maximum Gasteiger partial charge on any atom is 0.264 e. The molecule has 1 aliphatic rings. The number of carbonyl (C=O) groups excluding carboxylic acids is 1. The summed E-state index contributed by atoms with van der Waals surface area (Å²) in [7, 11) is -3.80. The van der Waals surface area contributed by atoms with Crippen LogP contribution in [0.1, 0.15) is 33.5 Å². The standard InChI is InChI=1S/C24H20Cl2FNO3S/c1-15-4-11-20(27)23(24(15)26)22(29)14-16-5-6-17-3-2-12-28(21(17)13-16)32(30,31)19-9-7-18(25)8-10-19/h4-11,13H,2-3,12,14H2,1H3. The fourth-order valence-electron chi connectivity index (χ4n) is 3.87. The highest BCUT2D eigenvalue weighted by molar-refractivity contribution is 7.92. The minimum Gasteiger partial charge on any atom is -0.294 e. The molecule has 0 amide bonds. The van der Waals surface area contributed by atoms with E-state index in [1.165, 1.54) is 40.7 Å². The van der Waals surface area contributed by atoms with Crippen molar-refractivity contribution >= 4 is 44.7 Å². The van der Waals surface area contributed by atoms with Gasteiger partial charge in [0.25, 0.3) is 10.0 Å². The van der Waals surface area contributed by atoms with E-state index in [-0.39, 0.29) is 21.9 Å². The van der Waals surface area contributed by atoms with Gasteiger partial charge in [-0.05, 0) is 72.9 Å². The largest absolute Gasteiger partial charge is 0.294 e. The van der Waals surface area contributed by atoms with Crippen molar-refractivity contribution in [3.8, 4) is 0 Å². The molecule has 0 saturated carbocycles. The number of hydrogen-bond acceptors (Lipinski definition) is 3. The van der Waals surface area contributed by atoms with E-state index in [9.17, 15) is 17.6 Å². The number of aryl methyl sites for hydroxylation is 2. The second-order valence-electron chi connectivity index (χ2n) is 7.75. The Bertz CT molecular complexity index is 1310. The number of halogens is 3. The number of benzene rings is 3. The first-order chi connectivity index (χ1) is 15.2. The van der Waals surface area contributed by atoms with Crippen molar-refractivity contribution in [2.24, 2.45) is 0 Å². The smallest absolute Gasteiger partial charge is 0.264 e. The SMILES string of the molecule is Cc1ccc(F)c(C(=O)Cc2ccc3c(c2)N(S(=O)(=O)c2ccc(Cl)cc2)CCC3)c1Cl. The van der Waals surface area contributed by atoms with E-state index in [1.807, 2.05) is 6.07 Å². The Hall–Kier alpha value is -2.41. The van der Waals surface area contributed by atoms with Crippen LogP contribution in [0.25, 0.3) is 0 Å². The number of Topliss-reactive ketones (excluding diaryl/α,β-unsaturated/α-hetero) is 1. The van der Waals surface area contributed by atoms with Crippen molar-refractivity contribution in [3.05, 3.63) is 92.7 Å². The van der Waals surface area contributed by atoms with Crippen LogP contribution in [-0.4, -0.2) is 20.7 Å². The second kappa shape index (κ2) is 8.85. The zero-order valence-corrected chi connectivity index (χ0v) is 19.6. The van der Waals surface area contributed by atoms with Crippen molar-refractivity contribution in [1.29, 1.82) is 0 Å². The molecule has 4 rings (SSSR count). The molecule has 1 heterocycles. The molecule has 0 bridgehead atoms. The van der Waals surface area contributed by atoms with Crippen LogP contribution in [0.5, 0.6) is 0 Å². The Morgan fingerprint density at radius 3 is 2.50 bits per heavy atom. The van der Waals surface area contributed by atoms with Crippen molar-refractivity contribution in [2.75, 3.05) is 10.8 Å². The lowest BCUT2D eigenvalue weighted by atomic mass is 9.97. The molecule has 0 aliphatic carbocycles. The quantitative estimate of drug-likeness (QED) is 0.410. The Labute approximate surface area is 196 Å². The highest BCUT2D eigenvalue weighted by Crippen LogP contribution is 2.34. The third-order valence-corrected chi connectivity index (χ3v) is 8.12. The third-order valence-electron chi connectivity index (χ3n) is 5.56. The van der Waals surface area contributed by atoms with Crippen LogP contribution in [0, 0.1) is 12.7 Å². The lowest BCUT2D eigenvalue weighted by Crippen LogP contribution is -2.35. The summed E-state index contributed by atoms with van der Waals surface area (Å²) in [6.45, 7) is 2.03. The summed E-state index contributed by atoms with van der Waals surface area (Å²) in [5.41, 5.74) is 2.47. The first kappa shape index (κ1) is 22.8. The normalized spacial score (nSPS) is 13.7. The van der Waals surface area contributed by atoms with Gasteiger partial charge >= 0.3 is 0 Å². The van der Waals surface area contributed by atoms with Gasteiger partial charge in [0.15, 0.2) is 5.78 Å². The molecule has 166 valence electrons. The van der Waals surface area contributed by atoms with Gasteiger partial charge in [-0.2, -0.15) is 0 Å². The molecule has 8 heteroatoms. The van der Waals surface area contributed by atoms with Gasteiger partial charge in [0.1, 0.15) is 5.82 Å². The molecule has 32 heavy (non-hydrogen) atoms. The van der Waals surface area contributed by atoms with Crippen molar-refractivity contribution in [3.63, 3.8) is 0 Å². The van der Waals surface area contributed by atoms with Gasteiger partial charge in [-0.15, -0.1) is 0 Å². The van der Waals surface area contributed by atoms with E-state index < -0.39 is 21.6 Å². The molecule has 3 aromatic carbocycles. The van der Waals surface area contributed by atoms with Gasteiger partial charge in [0.05, 0.1) is 21.2 Å². The Kier molecular flexibility index (Phi) is 6.30. The lowest BCUT2D eigenvalue weighted by molar-refractivity contribution is 0.0989. The first-order valence-electron chi connectivity index (χ1n) is 10.1. The molecule has 0 radical (unpaired) electrons. The van der Waals surface area contributed by atoms with Gasteiger partial charge in [0, 0.05) is 18.0 Å². The van der Waals surface area contributed by atoms with Crippen molar-refractivity contribution in [1.82, 2.24) is 0 Å². The fraction of sp³-hybridized carbons (Fsp3) is 0.208. The van der Waals surface area contributed by atoms with Crippen LogP contribution in [0.4, 0.5) is 10.1 Å². The first-order valence-corrected chi connectivity index (χ1v) is 12.3. The lowest BCUT2D eigenvalue weighted by Gasteiger charge is -2.31. The molecular weight excluding hydrogens is 472 g/mol. The third kappa shape index (κ3) is 4.27. The van der Waals surface area contributed by atoms with E-state index in [2.05, 4.69) is 0 Å². The molecule has 0 N–H and O–H groups in total. The van der Waals surface area contributed by atoms with E-state index in [0.29, 0.717) is 34.8 Å². The van der Waals surface area contributed by atoms with Crippen molar-refractivity contribution < 1.29 is 17.6 Å². The maximum atomic E-state index is 14.3.